The molecule has 0 aliphatic heterocycles. The van der Waals surface area contributed by atoms with E-state index in [2.05, 4.69) is 10.6 Å². The van der Waals surface area contributed by atoms with E-state index in [1.165, 1.54) is 0 Å². The molecule has 0 saturated carbocycles. The molecule has 0 spiro atoms. The molecule has 0 aliphatic carbocycles. The van der Waals surface area contributed by atoms with Crippen molar-refractivity contribution in [3.8, 4) is 0 Å². The highest BCUT2D eigenvalue weighted by molar-refractivity contribution is 6.44. The topological polar surface area (TPSA) is 41.1 Å². The highest BCUT2D eigenvalue weighted by Crippen LogP contribution is 2.32. The number of halogens is 3. The third kappa shape index (κ3) is 4.62. The van der Waals surface area contributed by atoms with Crippen LogP contribution in [0.4, 0.5) is 5.69 Å². The molecule has 0 atom stereocenters. The molecule has 1 aromatic rings. The third-order valence-corrected chi connectivity index (χ3v) is 3.22. The fourth-order valence-corrected chi connectivity index (χ4v) is 1.87. The SMILES string of the molecule is CNC(=O)CCCNc1cc(Cl)c(Cl)cc1Cl. The maximum absolute atomic E-state index is 11.0. The zero-order valence-corrected chi connectivity index (χ0v) is 11.6. The second kappa shape index (κ2) is 6.94. The van der Waals surface area contributed by atoms with Crippen LogP contribution in [0.3, 0.4) is 0 Å². The van der Waals surface area contributed by atoms with Gasteiger partial charge in [0.2, 0.25) is 5.91 Å². The van der Waals surface area contributed by atoms with Gasteiger partial charge in [-0.2, -0.15) is 0 Å². The number of carbonyl (C=O) groups excluding carboxylic acids is 1. The van der Waals surface area contributed by atoms with Gasteiger partial charge in [-0.15, -0.1) is 0 Å². The molecule has 0 radical (unpaired) electrons. The van der Waals surface area contributed by atoms with Crippen LogP contribution in [0.5, 0.6) is 0 Å². The Balaban J connectivity index is 2.47. The van der Waals surface area contributed by atoms with Gasteiger partial charge in [0.05, 0.1) is 20.8 Å². The number of nitrogens with one attached hydrogen (secondary N) is 2. The van der Waals surface area contributed by atoms with Gasteiger partial charge in [0, 0.05) is 20.0 Å². The predicted molar refractivity (Wildman–Crippen MR) is 73.3 cm³/mol. The summed E-state index contributed by atoms with van der Waals surface area (Å²) in [7, 11) is 1.62. The van der Waals surface area contributed by atoms with E-state index in [1.807, 2.05) is 0 Å². The molecular weight excluding hydrogens is 282 g/mol. The maximum Gasteiger partial charge on any atom is 0.219 e. The number of amides is 1. The molecule has 0 saturated heterocycles. The highest BCUT2D eigenvalue weighted by Gasteiger charge is 2.05. The van der Waals surface area contributed by atoms with Crippen molar-refractivity contribution in [2.45, 2.75) is 12.8 Å². The van der Waals surface area contributed by atoms with Crippen molar-refractivity contribution < 1.29 is 4.79 Å². The Labute approximate surface area is 115 Å². The van der Waals surface area contributed by atoms with Crippen LogP contribution in [0.25, 0.3) is 0 Å². The number of hydrogen-bond donors (Lipinski definition) is 2. The van der Waals surface area contributed by atoms with Crippen molar-refractivity contribution in [1.82, 2.24) is 5.32 Å². The van der Waals surface area contributed by atoms with Gasteiger partial charge in [0.1, 0.15) is 0 Å². The van der Waals surface area contributed by atoms with Gasteiger partial charge in [0.25, 0.3) is 0 Å². The molecule has 17 heavy (non-hydrogen) atoms. The minimum absolute atomic E-state index is 0.0204. The van der Waals surface area contributed by atoms with E-state index >= 15 is 0 Å². The summed E-state index contributed by atoms with van der Waals surface area (Å²) in [6.07, 6.45) is 1.19. The zero-order chi connectivity index (χ0) is 12.8. The summed E-state index contributed by atoms with van der Waals surface area (Å²) >= 11 is 17.7. The summed E-state index contributed by atoms with van der Waals surface area (Å²) in [6, 6.07) is 3.26. The van der Waals surface area contributed by atoms with Crippen LogP contribution in [0, 0.1) is 0 Å². The smallest absolute Gasteiger partial charge is 0.219 e. The van der Waals surface area contributed by atoms with Crippen LogP contribution in [-0.2, 0) is 4.79 Å². The van der Waals surface area contributed by atoms with Crippen molar-refractivity contribution in [1.29, 1.82) is 0 Å². The minimum atomic E-state index is 0.0204. The van der Waals surface area contributed by atoms with Crippen molar-refractivity contribution in [2.24, 2.45) is 0 Å². The van der Waals surface area contributed by atoms with Gasteiger partial charge < -0.3 is 10.6 Å². The normalized spacial score (nSPS) is 10.1. The van der Waals surface area contributed by atoms with E-state index in [0.29, 0.717) is 28.0 Å². The average Bonchev–Trinajstić information content (AvgIpc) is 2.30. The highest BCUT2D eigenvalue weighted by atomic mass is 35.5. The Bertz CT molecular complexity index is 410. The van der Waals surface area contributed by atoms with Gasteiger partial charge in [-0.1, -0.05) is 34.8 Å². The predicted octanol–water partition coefficient (Wildman–Crippen LogP) is 3.58. The fraction of sp³-hybridized carbons (Fsp3) is 0.364. The zero-order valence-electron chi connectivity index (χ0n) is 9.32. The van der Waals surface area contributed by atoms with Crippen molar-refractivity contribution in [3.05, 3.63) is 27.2 Å². The molecule has 1 aromatic carbocycles. The summed E-state index contributed by atoms with van der Waals surface area (Å²) in [4.78, 5) is 11.0. The van der Waals surface area contributed by atoms with Gasteiger partial charge in [-0.25, -0.2) is 0 Å². The molecule has 0 fully saturated rings. The lowest BCUT2D eigenvalue weighted by molar-refractivity contribution is -0.120. The van der Waals surface area contributed by atoms with Crippen molar-refractivity contribution >= 4 is 46.4 Å². The first-order chi connectivity index (χ1) is 8.04. The first-order valence-electron chi connectivity index (χ1n) is 5.13. The molecule has 3 nitrogen and oxygen atoms in total. The van der Waals surface area contributed by atoms with Crippen molar-refractivity contribution in [2.75, 3.05) is 18.9 Å². The molecule has 1 rings (SSSR count). The summed E-state index contributed by atoms with van der Waals surface area (Å²) in [5.74, 6) is 0.0204. The lowest BCUT2D eigenvalue weighted by atomic mass is 10.2. The van der Waals surface area contributed by atoms with E-state index in [4.69, 9.17) is 34.8 Å². The Morgan fingerprint density at radius 3 is 2.47 bits per heavy atom. The van der Waals surface area contributed by atoms with Gasteiger partial charge >= 0.3 is 0 Å². The van der Waals surface area contributed by atoms with Crippen LogP contribution in [0.15, 0.2) is 12.1 Å². The second-order valence-corrected chi connectivity index (χ2v) is 4.67. The maximum atomic E-state index is 11.0. The van der Waals surface area contributed by atoms with Crippen LogP contribution < -0.4 is 10.6 Å². The van der Waals surface area contributed by atoms with Crippen molar-refractivity contribution in [3.63, 3.8) is 0 Å². The molecule has 2 N–H and O–H groups in total. The van der Waals surface area contributed by atoms with Gasteiger partial charge in [-0.05, 0) is 18.6 Å². The van der Waals surface area contributed by atoms with E-state index in [1.54, 1.807) is 19.2 Å². The quantitative estimate of drug-likeness (QED) is 0.644. The Morgan fingerprint density at radius 2 is 1.82 bits per heavy atom. The Morgan fingerprint density at radius 1 is 1.18 bits per heavy atom. The summed E-state index contributed by atoms with van der Waals surface area (Å²) in [5.41, 5.74) is 0.720. The largest absolute Gasteiger partial charge is 0.384 e. The van der Waals surface area contributed by atoms with E-state index in [-0.39, 0.29) is 5.91 Å². The monoisotopic (exact) mass is 294 g/mol. The van der Waals surface area contributed by atoms with Gasteiger partial charge in [0.15, 0.2) is 0 Å². The lowest BCUT2D eigenvalue weighted by Crippen LogP contribution is -2.18. The fourth-order valence-electron chi connectivity index (χ4n) is 1.26. The molecule has 94 valence electrons. The molecule has 0 bridgehead atoms. The third-order valence-electron chi connectivity index (χ3n) is 2.18. The van der Waals surface area contributed by atoms with Gasteiger partial charge in [-0.3, -0.25) is 4.79 Å². The Kier molecular flexibility index (Phi) is 5.89. The lowest BCUT2D eigenvalue weighted by Gasteiger charge is -2.09. The molecule has 6 heteroatoms. The van der Waals surface area contributed by atoms with E-state index < -0.39 is 0 Å². The summed E-state index contributed by atoms with van der Waals surface area (Å²) < 4.78 is 0. The van der Waals surface area contributed by atoms with E-state index in [9.17, 15) is 4.79 Å². The van der Waals surface area contributed by atoms with Crippen LogP contribution in [0.1, 0.15) is 12.8 Å². The first kappa shape index (κ1) is 14.4. The second-order valence-electron chi connectivity index (χ2n) is 3.45. The number of rotatable bonds is 5. The molecule has 0 unspecified atom stereocenters. The Hall–Kier alpha value is -0.640. The average molecular weight is 296 g/mol. The molecule has 1 amide bonds. The summed E-state index contributed by atoms with van der Waals surface area (Å²) in [5, 5.41) is 7.05. The van der Waals surface area contributed by atoms with Crippen LogP contribution in [0.2, 0.25) is 15.1 Å². The molecule has 0 aliphatic rings. The number of benzene rings is 1. The number of carbonyl (C=O) groups is 1. The van der Waals surface area contributed by atoms with Crippen LogP contribution >= 0.6 is 34.8 Å². The number of hydrogen-bond acceptors (Lipinski definition) is 2. The number of anilines is 1. The summed E-state index contributed by atoms with van der Waals surface area (Å²) in [6.45, 7) is 0.644. The molecule has 0 aromatic heterocycles. The van der Waals surface area contributed by atoms with Crippen LogP contribution in [-0.4, -0.2) is 19.5 Å². The molecular formula is C11H13Cl3N2O. The minimum Gasteiger partial charge on any atom is -0.384 e. The first-order valence-corrected chi connectivity index (χ1v) is 6.27. The molecule has 0 heterocycles. The van der Waals surface area contributed by atoms with E-state index in [0.717, 1.165) is 12.1 Å². The standard InChI is InChI=1S/C11H13Cl3N2O/c1-15-11(17)3-2-4-16-10-6-8(13)7(12)5-9(10)14/h5-6,16H,2-4H2,1H3,(H,15,17).